The number of rotatable bonds is 0. The van der Waals surface area contributed by atoms with Crippen LogP contribution >= 0.6 is 0 Å². The van der Waals surface area contributed by atoms with Gasteiger partial charge in [-0.1, -0.05) is 32.0 Å². The van der Waals surface area contributed by atoms with Gasteiger partial charge in [-0.25, -0.2) is 0 Å². The molecule has 3 aliphatic rings. The van der Waals surface area contributed by atoms with E-state index in [1.807, 2.05) is 0 Å². The summed E-state index contributed by atoms with van der Waals surface area (Å²) in [5.74, 6) is 1.98. The van der Waals surface area contributed by atoms with E-state index in [9.17, 15) is 0 Å². The summed E-state index contributed by atoms with van der Waals surface area (Å²) in [7, 11) is 0. The molecule has 0 aromatic heterocycles. The van der Waals surface area contributed by atoms with Crippen molar-refractivity contribution in [2.75, 3.05) is 0 Å². The summed E-state index contributed by atoms with van der Waals surface area (Å²) in [6.07, 6.45) is 3.91. The maximum absolute atomic E-state index is 6.38. The number of fused-ring (bicyclic) bond motifs is 2. The second-order valence-electron chi connectivity index (χ2n) is 6.90. The summed E-state index contributed by atoms with van der Waals surface area (Å²) in [6.45, 7) is 7.26. The van der Waals surface area contributed by atoms with E-state index in [1.54, 1.807) is 0 Å². The third-order valence-corrected chi connectivity index (χ3v) is 6.21. The molecule has 1 aromatic rings. The molecule has 0 unspecified atom stereocenters. The van der Waals surface area contributed by atoms with Crippen LogP contribution in [0.1, 0.15) is 45.6 Å². The zero-order valence-electron chi connectivity index (χ0n) is 10.9. The standard InChI is InChI=1S/C16H20O/c1-14(2)11-8-9-16(14)12-6-4-5-7-13(12)17-15(16,3)10-11/h4-7,11H,8-10H2,1-3H3/t11-,15-,16+/m1/s1. The van der Waals surface area contributed by atoms with Gasteiger partial charge < -0.3 is 4.74 Å². The van der Waals surface area contributed by atoms with Crippen molar-refractivity contribution < 1.29 is 4.74 Å². The Morgan fingerprint density at radius 3 is 2.71 bits per heavy atom. The van der Waals surface area contributed by atoms with Crippen LogP contribution in [0.15, 0.2) is 24.3 Å². The van der Waals surface area contributed by atoms with Crippen LogP contribution in [0, 0.1) is 11.3 Å². The lowest BCUT2D eigenvalue weighted by Crippen LogP contribution is -2.50. The van der Waals surface area contributed by atoms with E-state index in [1.165, 1.54) is 24.8 Å². The first kappa shape index (κ1) is 9.99. The summed E-state index contributed by atoms with van der Waals surface area (Å²) < 4.78 is 6.38. The topological polar surface area (TPSA) is 9.23 Å². The molecule has 2 fully saturated rings. The smallest absolute Gasteiger partial charge is 0.124 e. The molecule has 0 amide bonds. The first-order valence-electron chi connectivity index (χ1n) is 6.80. The first-order valence-corrected chi connectivity index (χ1v) is 6.80. The molecule has 90 valence electrons. The predicted molar refractivity (Wildman–Crippen MR) is 68.3 cm³/mol. The molecule has 1 aromatic carbocycles. The number of benzene rings is 1. The number of ether oxygens (including phenoxy) is 1. The Kier molecular flexibility index (Phi) is 1.50. The molecule has 0 saturated heterocycles. The van der Waals surface area contributed by atoms with E-state index in [0.29, 0.717) is 5.41 Å². The highest BCUT2D eigenvalue weighted by atomic mass is 16.5. The van der Waals surface area contributed by atoms with Gasteiger partial charge in [0.2, 0.25) is 0 Å². The van der Waals surface area contributed by atoms with Gasteiger partial charge in [-0.05, 0) is 43.6 Å². The summed E-state index contributed by atoms with van der Waals surface area (Å²) in [4.78, 5) is 0. The maximum Gasteiger partial charge on any atom is 0.124 e. The van der Waals surface area contributed by atoms with Gasteiger partial charge in [-0.15, -0.1) is 0 Å². The van der Waals surface area contributed by atoms with E-state index in [4.69, 9.17) is 4.74 Å². The lowest BCUT2D eigenvalue weighted by molar-refractivity contribution is 0.0227. The molecular weight excluding hydrogens is 208 g/mol. The summed E-state index contributed by atoms with van der Waals surface area (Å²) in [5.41, 5.74) is 2.17. The van der Waals surface area contributed by atoms with Gasteiger partial charge in [0, 0.05) is 11.0 Å². The van der Waals surface area contributed by atoms with Gasteiger partial charge in [0.15, 0.2) is 0 Å². The Bertz CT molecular complexity index is 504. The maximum atomic E-state index is 6.38. The van der Waals surface area contributed by atoms with Crippen LogP contribution in [-0.2, 0) is 5.41 Å². The van der Waals surface area contributed by atoms with Crippen LogP contribution in [0.4, 0.5) is 0 Å². The van der Waals surface area contributed by atoms with Gasteiger partial charge in [-0.2, -0.15) is 0 Å². The van der Waals surface area contributed by atoms with Gasteiger partial charge >= 0.3 is 0 Å². The number of hydrogen-bond donors (Lipinski definition) is 0. The van der Waals surface area contributed by atoms with Crippen LogP contribution < -0.4 is 4.74 Å². The SMILES string of the molecule is CC1(C)[C@@H]2CC[C@]13c1ccccc1O[C@]3(C)C2. The second kappa shape index (κ2) is 2.55. The van der Waals surface area contributed by atoms with Gasteiger partial charge in [0.1, 0.15) is 11.4 Å². The third-order valence-electron chi connectivity index (χ3n) is 6.21. The Morgan fingerprint density at radius 2 is 1.94 bits per heavy atom. The quantitative estimate of drug-likeness (QED) is 0.654. The largest absolute Gasteiger partial charge is 0.486 e. The highest BCUT2D eigenvalue weighted by molar-refractivity contribution is 5.52. The summed E-state index contributed by atoms with van der Waals surface area (Å²) >= 11 is 0. The molecule has 2 bridgehead atoms. The second-order valence-corrected chi connectivity index (χ2v) is 6.90. The predicted octanol–water partition coefficient (Wildman–Crippen LogP) is 3.92. The summed E-state index contributed by atoms with van der Waals surface area (Å²) in [6, 6.07) is 8.72. The molecule has 1 spiro atoms. The zero-order chi connectivity index (χ0) is 11.9. The van der Waals surface area contributed by atoms with E-state index >= 15 is 0 Å². The van der Waals surface area contributed by atoms with Crippen LogP contribution in [0.5, 0.6) is 5.75 Å². The fourth-order valence-corrected chi connectivity index (χ4v) is 5.42. The van der Waals surface area contributed by atoms with Crippen molar-refractivity contribution in [3.8, 4) is 5.75 Å². The Labute approximate surface area is 103 Å². The van der Waals surface area contributed by atoms with Crippen molar-refractivity contribution >= 4 is 0 Å². The molecule has 3 atom stereocenters. The monoisotopic (exact) mass is 228 g/mol. The first-order chi connectivity index (χ1) is 8.01. The zero-order valence-corrected chi connectivity index (χ0v) is 10.9. The van der Waals surface area contributed by atoms with E-state index in [-0.39, 0.29) is 11.0 Å². The normalized spacial score (nSPS) is 44.3. The molecule has 1 heteroatoms. The van der Waals surface area contributed by atoms with Crippen molar-refractivity contribution in [1.29, 1.82) is 0 Å². The van der Waals surface area contributed by atoms with Crippen molar-refractivity contribution in [2.45, 2.75) is 51.0 Å². The average Bonchev–Trinajstić information content (AvgIpc) is 2.76. The Morgan fingerprint density at radius 1 is 1.18 bits per heavy atom. The lowest BCUT2D eigenvalue weighted by atomic mass is 9.61. The molecule has 0 radical (unpaired) electrons. The van der Waals surface area contributed by atoms with Crippen LogP contribution in [0.3, 0.4) is 0 Å². The molecule has 2 saturated carbocycles. The lowest BCUT2D eigenvalue weighted by Gasteiger charge is -2.42. The average molecular weight is 228 g/mol. The minimum atomic E-state index is 0.0447. The van der Waals surface area contributed by atoms with Crippen molar-refractivity contribution in [3.05, 3.63) is 29.8 Å². The molecule has 2 aliphatic carbocycles. The number of hydrogen-bond acceptors (Lipinski definition) is 1. The Hall–Kier alpha value is -0.980. The van der Waals surface area contributed by atoms with Gasteiger partial charge in [0.25, 0.3) is 0 Å². The van der Waals surface area contributed by atoms with Crippen molar-refractivity contribution in [3.63, 3.8) is 0 Å². The fourth-order valence-electron chi connectivity index (χ4n) is 5.42. The van der Waals surface area contributed by atoms with E-state index in [0.717, 1.165) is 11.7 Å². The fraction of sp³-hybridized carbons (Fsp3) is 0.625. The van der Waals surface area contributed by atoms with Crippen LogP contribution in [0.25, 0.3) is 0 Å². The molecule has 1 heterocycles. The molecule has 1 nitrogen and oxygen atoms in total. The molecule has 17 heavy (non-hydrogen) atoms. The Balaban J connectivity index is 2.05. The van der Waals surface area contributed by atoms with Crippen molar-refractivity contribution in [1.82, 2.24) is 0 Å². The van der Waals surface area contributed by atoms with Crippen LogP contribution in [-0.4, -0.2) is 5.60 Å². The van der Waals surface area contributed by atoms with E-state index in [2.05, 4.69) is 45.0 Å². The van der Waals surface area contributed by atoms with Gasteiger partial charge in [0.05, 0.1) is 0 Å². The highest BCUT2D eigenvalue weighted by Crippen LogP contribution is 2.74. The highest BCUT2D eigenvalue weighted by Gasteiger charge is 2.74. The third kappa shape index (κ3) is 0.811. The minimum absolute atomic E-state index is 0.0447. The van der Waals surface area contributed by atoms with Crippen molar-refractivity contribution in [2.24, 2.45) is 11.3 Å². The number of para-hydroxylation sites is 1. The van der Waals surface area contributed by atoms with Crippen LogP contribution in [0.2, 0.25) is 0 Å². The summed E-state index contributed by atoms with van der Waals surface area (Å²) in [5, 5.41) is 0. The molecular formula is C16H20O. The van der Waals surface area contributed by atoms with Gasteiger partial charge in [-0.3, -0.25) is 0 Å². The van der Waals surface area contributed by atoms with E-state index < -0.39 is 0 Å². The molecule has 0 N–H and O–H groups in total. The minimum Gasteiger partial charge on any atom is -0.486 e. The molecule has 4 rings (SSSR count). The molecule has 1 aliphatic heterocycles.